The lowest BCUT2D eigenvalue weighted by Gasteiger charge is -2.24. The summed E-state index contributed by atoms with van der Waals surface area (Å²) >= 11 is 0. The average Bonchev–Trinajstić information content (AvgIpc) is 2.93. The van der Waals surface area contributed by atoms with Crippen molar-refractivity contribution in [2.24, 2.45) is 4.99 Å². The molecule has 3 N–H and O–H groups in total. The van der Waals surface area contributed by atoms with Crippen LogP contribution in [0.2, 0.25) is 0 Å². The van der Waals surface area contributed by atoms with E-state index in [1.54, 1.807) is 0 Å². The second kappa shape index (κ2) is 10.8. The van der Waals surface area contributed by atoms with Crippen LogP contribution in [0.15, 0.2) is 29.3 Å². The topological polar surface area (TPSA) is 85.8 Å². The Morgan fingerprint density at radius 3 is 2.93 bits per heavy atom. The van der Waals surface area contributed by atoms with Crippen LogP contribution in [-0.4, -0.2) is 55.4 Å². The summed E-state index contributed by atoms with van der Waals surface area (Å²) in [5.74, 6) is 1.18. The first-order valence-corrected chi connectivity index (χ1v) is 10.9. The van der Waals surface area contributed by atoms with Crippen LogP contribution in [0.1, 0.15) is 56.9 Å². The van der Waals surface area contributed by atoms with Crippen molar-refractivity contribution in [2.45, 2.75) is 51.4 Å². The molecule has 0 bridgehead atoms. The number of rotatable bonds is 7. The van der Waals surface area contributed by atoms with Gasteiger partial charge in [0.1, 0.15) is 0 Å². The Kier molecular flexibility index (Phi) is 7.90. The fourth-order valence-electron chi connectivity index (χ4n) is 3.96. The Morgan fingerprint density at radius 2 is 2.07 bits per heavy atom. The van der Waals surface area contributed by atoms with E-state index in [0.717, 1.165) is 69.1 Å². The monoisotopic (exact) mass is 399 g/mol. The molecule has 1 unspecified atom stereocenters. The van der Waals surface area contributed by atoms with E-state index in [1.807, 2.05) is 30.0 Å². The van der Waals surface area contributed by atoms with Gasteiger partial charge in [-0.3, -0.25) is 14.6 Å². The SMILES string of the molecule is CCNC(=NCC1CC(=O)Nc2ccccc21)NCCCN1CCCCCC1=O. The van der Waals surface area contributed by atoms with Crippen LogP contribution in [0.5, 0.6) is 0 Å². The van der Waals surface area contributed by atoms with Crippen LogP contribution >= 0.6 is 0 Å². The number of fused-ring (bicyclic) bond motifs is 1. The first-order chi connectivity index (χ1) is 14.2. The van der Waals surface area contributed by atoms with Gasteiger partial charge in [-0.25, -0.2) is 0 Å². The number of anilines is 1. The molecule has 0 saturated carbocycles. The standard InChI is InChI=1S/C22H33N5O2/c1-2-23-22(24-12-8-14-27-13-7-3-4-11-21(27)29)25-16-17-15-20(28)26-19-10-6-5-9-18(17)19/h5-6,9-10,17H,2-4,7-8,11-16H2,1H3,(H,26,28)(H2,23,24,25). The summed E-state index contributed by atoms with van der Waals surface area (Å²) in [6.45, 7) is 5.81. The molecule has 2 heterocycles. The molecular weight excluding hydrogens is 366 g/mol. The molecule has 1 fully saturated rings. The molecular formula is C22H33N5O2. The van der Waals surface area contributed by atoms with Crippen LogP contribution < -0.4 is 16.0 Å². The zero-order valence-electron chi connectivity index (χ0n) is 17.4. The lowest BCUT2D eigenvalue weighted by Crippen LogP contribution is -2.40. The highest BCUT2D eigenvalue weighted by atomic mass is 16.2. The van der Waals surface area contributed by atoms with Gasteiger partial charge in [-0.1, -0.05) is 24.6 Å². The molecule has 1 atom stereocenters. The predicted molar refractivity (Wildman–Crippen MR) is 116 cm³/mol. The van der Waals surface area contributed by atoms with E-state index in [9.17, 15) is 9.59 Å². The summed E-state index contributed by atoms with van der Waals surface area (Å²) in [6, 6.07) is 7.94. The predicted octanol–water partition coefficient (Wildman–Crippen LogP) is 2.46. The highest BCUT2D eigenvalue weighted by Gasteiger charge is 2.24. The van der Waals surface area contributed by atoms with Crippen molar-refractivity contribution in [2.75, 3.05) is 38.0 Å². The van der Waals surface area contributed by atoms with Gasteiger partial charge < -0.3 is 20.9 Å². The molecule has 1 aromatic carbocycles. The summed E-state index contributed by atoms with van der Waals surface area (Å²) in [7, 11) is 0. The Hall–Kier alpha value is -2.57. The zero-order valence-corrected chi connectivity index (χ0v) is 17.4. The third kappa shape index (κ3) is 6.21. The van der Waals surface area contributed by atoms with E-state index < -0.39 is 0 Å². The van der Waals surface area contributed by atoms with Crippen LogP contribution in [0.4, 0.5) is 5.69 Å². The van der Waals surface area contributed by atoms with Gasteiger partial charge in [-0.2, -0.15) is 0 Å². The number of para-hydroxylation sites is 1. The maximum absolute atomic E-state index is 12.1. The number of carbonyl (C=O) groups is 2. The minimum Gasteiger partial charge on any atom is -0.357 e. The van der Waals surface area contributed by atoms with Crippen molar-refractivity contribution in [3.63, 3.8) is 0 Å². The summed E-state index contributed by atoms with van der Waals surface area (Å²) in [5, 5.41) is 9.57. The van der Waals surface area contributed by atoms with E-state index in [4.69, 9.17) is 4.99 Å². The third-order valence-corrected chi connectivity index (χ3v) is 5.49. The van der Waals surface area contributed by atoms with Gasteiger partial charge in [0.15, 0.2) is 5.96 Å². The van der Waals surface area contributed by atoms with E-state index >= 15 is 0 Å². The molecule has 2 aliphatic heterocycles. The molecule has 7 heteroatoms. The van der Waals surface area contributed by atoms with Gasteiger partial charge in [-0.05, 0) is 37.8 Å². The van der Waals surface area contributed by atoms with Gasteiger partial charge in [0.25, 0.3) is 0 Å². The van der Waals surface area contributed by atoms with Crippen molar-refractivity contribution in [1.29, 1.82) is 0 Å². The van der Waals surface area contributed by atoms with E-state index in [2.05, 4.69) is 22.0 Å². The second-order valence-electron chi connectivity index (χ2n) is 7.73. The first kappa shape index (κ1) is 21.1. The number of nitrogens with zero attached hydrogens (tertiary/aromatic N) is 2. The maximum atomic E-state index is 12.1. The van der Waals surface area contributed by atoms with Crippen LogP contribution in [-0.2, 0) is 9.59 Å². The molecule has 1 aromatic rings. The van der Waals surface area contributed by atoms with Crippen molar-refractivity contribution in [3.05, 3.63) is 29.8 Å². The summed E-state index contributed by atoms with van der Waals surface area (Å²) in [4.78, 5) is 30.8. The highest BCUT2D eigenvalue weighted by molar-refractivity contribution is 5.94. The normalized spacial score (nSPS) is 20.0. The van der Waals surface area contributed by atoms with Gasteiger partial charge >= 0.3 is 0 Å². The summed E-state index contributed by atoms with van der Waals surface area (Å²) < 4.78 is 0. The van der Waals surface area contributed by atoms with Crippen molar-refractivity contribution >= 4 is 23.5 Å². The number of carbonyl (C=O) groups excluding carboxylic acids is 2. The number of amides is 2. The molecule has 0 aliphatic carbocycles. The number of hydrogen-bond donors (Lipinski definition) is 3. The Morgan fingerprint density at radius 1 is 1.21 bits per heavy atom. The third-order valence-electron chi connectivity index (χ3n) is 5.49. The minimum atomic E-state index is 0.0453. The lowest BCUT2D eigenvalue weighted by atomic mass is 9.91. The molecule has 2 amide bonds. The van der Waals surface area contributed by atoms with E-state index in [1.165, 1.54) is 0 Å². The summed E-state index contributed by atoms with van der Waals surface area (Å²) in [5.41, 5.74) is 2.04. The molecule has 0 aromatic heterocycles. The largest absolute Gasteiger partial charge is 0.357 e. The van der Waals surface area contributed by atoms with Crippen LogP contribution in [0, 0.1) is 0 Å². The van der Waals surface area contributed by atoms with E-state index in [-0.39, 0.29) is 17.7 Å². The van der Waals surface area contributed by atoms with Gasteiger partial charge in [0.05, 0.1) is 6.54 Å². The Labute approximate surface area is 173 Å². The summed E-state index contributed by atoms with van der Waals surface area (Å²) in [6.07, 6.45) is 5.32. The van der Waals surface area contributed by atoms with Crippen LogP contribution in [0.25, 0.3) is 0 Å². The fraction of sp³-hybridized carbons (Fsp3) is 0.591. The van der Waals surface area contributed by atoms with Gasteiger partial charge in [0, 0.05) is 50.6 Å². The molecule has 1 saturated heterocycles. The number of guanidine groups is 1. The number of aliphatic imine (C=N–C) groups is 1. The first-order valence-electron chi connectivity index (χ1n) is 10.9. The number of likely N-dealkylation sites (tertiary alicyclic amines) is 1. The number of nitrogens with one attached hydrogen (secondary N) is 3. The molecule has 7 nitrogen and oxygen atoms in total. The highest BCUT2D eigenvalue weighted by Crippen LogP contribution is 2.31. The maximum Gasteiger partial charge on any atom is 0.225 e. The lowest BCUT2D eigenvalue weighted by molar-refractivity contribution is -0.130. The number of benzene rings is 1. The van der Waals surface area contributed by atoms with E-state index in [0.29, 0.717) is 19.4 Å². The van der Waals surface area contributed by atoms with Crippen molar-refractivity contribution in [1.82, 2.24) is 15.5 Å². The van der Waals surface area contributed by atoms with Gasteiger partial charge in [-0.15, -0.1) is 0 Å². The molecule has 0 spiro atoms. The molecule has 2 aliphatic rings. The van der Waals surface area contributed by atoms with Gasteiger partial charge in [0.2, 0.25) is 11.8 Å². The quantitative estimate of drug-likeness (QED) is 0.373. The average molecular weight is 400 g/mol. The number of hydrogen-bond acceptors (Lipinski definition) is 3. The molecule has 3 rings (SSSR count). The van der Waals surface area contributed by atoms with Crippen molar-refractivity contribution in [3.8, 4) is 0 Å². The minimum absolute atomic E-state index is 0.0453. The molecule has 29 heavy (non-hydrogen) atoms. The van der Waals surface area contributed by atoms with Crippen LogP contribution in [0.3, 0.4) is 0 Å². The Bertz CT molecular complexity index is 734. The van der Waals surface area contributed by atoms with Crippen molar-refractivity contribution < 1.29 is 9.59 Å². The molecule has 158 valence electrons. The Balaban J connectivity index is 1.51. The fourth-order valence-corrected chi connectivity index (χ4v) is 3.96. The smallest absolute Gasteiger partial charge is 0.225 e. The molecule has 0 radical (unpaired) electrons. The second-order valence-corrected chi connectivity index (χ2v) is 7.73. The zero-order chi connectivity index (χ0) is 20.5.